The van der Waals surface area contributed by atoms with E-state index in [0.29, 0.717) is 25.5 Å². The number of rotatable bonds is 7. The SMILES string of the molecule is CCOC(=O)CN(C)CCOc1ccc(F)cc1. The van der Waals surface area contributed by atoms with Gasteiger partial charge in [0.05, 0.1) is 13.2 Å². The van der Waals surface area contributed by atoms with Crippen LogP contribution in [0.5, 0.6) is 5.75 Å². The molecule has 0 bridgehead atoms. The number of benzene rings is 1. The molecular weight excluding hydrogens is 237 g/mol. The molecule has 0 saturated carbocycles. The van der Waals surface area contributed by atoms with E-state index in [9.17, 15) is 9.18 Å². The van der Waals surface area contributed by atoms with Gasteiger partial charge in [0.15, 0.2) is 0 Å². The summed E-state index contributed by atoms with van der Waals surface area (Å²) in [7, 11) is 1.81. The number of likely N-dealkylation sites (N-methyl/N-ethyl adjacent to an activating group) is 1. The van der Waals surface area contributed by atoms with Gasteiger partial charge in [0.25, 0.3) is 0 Å². The van der Waals surface area contributed by atoms with Gasteiger partial charge >= 0.3 is 5.97 Å². The monoisotopic (exact) mass is 255 g/mol. The Morgan fingerprint density at radius 3 is 2.61 bits per heavy atom. The number of nitrogens with zero attached hydrogens (tertiary/aromatic N) is 1. The summed E-state index contributed by atoms with van der Waals surface area (Å²) in [5.41, 5.74) is 0. The van der Waals surface area contributed by atoms with Gasteiger partial charge in [-0.25, -0.2) is 4.39 Å². The zero-order valence-electron chi connectivity index (χ0n) is 10.7. The molecule has 0 aromatic heterocycles. The molecule has 0 atom stereocenters. The summed E-state index contributed by atoms with van der Waals surface area (Å²) < 4.78 is 22.9. The molecule has 0 fully saturated rings. The lowest BCUT2D eigenvalue weighted by Gasteiger charge is -2.15. The van der Waals surface area contributed by atoms with Gasteiger partial charge in [-0.2, -0.15) is 0 Å². The van der Waals surface area contributed by atoms with Crippen LogP contribution in [-0.4, -0.2) is 44.2 Å². The molecule has 0 aliphatic rings. The molecule has 0 aliphatic carbocycles. The highest BCUT2D eigenvalue weighted by Crippen LogP contribution is 2.10. The van der Waals surface area contributed by atoms with E-state index in [1.165, 1.54) is 12.1 Å². The molecule has 0 saturated heterocycles. The first kappa shape index (κ1) is 14.4. The highest BCUT2D eigenvalue weighted by atomic mass is 19.1. The Kier molecular flexibility index (Phi) is 6.14. The van der Waals surface area contributed by atoms with E-state index in [1.54, 1.807) is 19.1 Å². The molecule has 100 valence electrons. The van der Waals surface area contributed by atoms with Gasteiger partial charge in [-0.3, -0.25) is 9.69 Å². The Hall–Kier alpha value is -1.62. The molecule has 0 radical (unpaired) electrons. The van der Waals surface area contributed by atoms with Crippen LogP contribution in [0.15, 0.2) is 24.3 Å². The number of halogens is 1. The summed E-state index contributed by atoms with van der Waals surface area (Å²) in [6.45, 7) is 3.42. The molecule has 0 spiro atoms. The molecule has 5 heteroatoms. The molecular formula is C13H18FNO3. The first-order valence-corrected chi connectivity index (χ1v) is 5.84. The molecule has 0 aliphatic heterocycles. The van der Waals surface area contributed by atoms with Crippen LogP contribution >= 0.6 is 0 Å². The summed E-state index contributed by atoms with van der Waals surface area (Å²) in [4.78, 5) is 13.0. The standard InChI is InChI=1S/C13H18FNO3/c1-3-17-13(16)10-15(2)8-9-18-12-6-4-11(14)5-7-12/h4-7H,3,8-10H2,1-2H3. The van der Waals surface area contributed by atoms with E-state index in [4.69, 9.17) is 9.47 Å². The lowest BCUT2D eigenvalue weighted by atomic mass is 10.3. The smallest absolute Gasteiger partial charge is 0.320 e. The topological polar surface area (TPSA) is 38.8 Å². The largest absolute Gasteiger partial charge is 0.492 e. The van der Waals surface area contributed by atoms with Gasteiger partial charge in [-0.15, -0.1) is 0 Å². The number of hydrogen-bond acceptors (Lipinski definition) is 4. The second kappa shape index (κ2) is 7.66. The van der Waals surface area contributed by atoms with E-state index in [1.807, 2.05) is 11.9 Å². The Labute approximate surface area is 106 Å². The van der Waals surface area contributed by atoms with Crippen molar-refractivity contribution in [2.45, 2.75) is 6.92 Å². The minimum absolute atomic E-state index is 0.237. The van der Waals surface area contributed by atoms with Crippen LogP contribution < -0.4 is 4.74 Å². The second-order valence-electron chi connectivity index (χ2n) is 3.85. The van der Waals surface area contributed by atoms with Crippen LogP contribution in [0.25, 0.3) is 0 Å². The summed E-state index contributed by atoms with van der Waals surface area (Å²) in [6, 6.07) is 5.83. The van der Waals surface area contributed by atoms with E-state index < -0.39 is 0 Å². The van der Waals surface area contributed by atoms with Crippen LogP contribution in [0.2, 0.25) is 0 Å². The summed E-state index contributed by atoms with van der Waals surface area (Å²) in [5, 5.41) is 0. The van der Waals surface area contributed by atoms with Crippen LogP contribution in [0.4, 0.5) is 4.39 Å². The average Bonchev–Trinajstić information content (AvgIpc) is 2.32. The highest BCUT2D eigenvalue weighted by Gasteiger charge is 2.06. The quantitative estimate of drug-likeness (QED) is 0.695. The van der Waals surface area contributed by atoms with Gasteiger partial charge in [0, 0.05) is 6.54 Å². The van der Waals surface area contributed by atoms with Crippen molar-refractivity contribution in [3.05, 3.63) is 30.1 Å². The zero-order chi connectivity index (χ0) is 13.4. The van der Waals surface area contributed by atoms with Gasteiger partial charge in [-0.05, 0) is 38.2 Å². The van der Waals surface area contributed by atoms with Crippen LogP contribution in [0.3, 0.4) is 0 Å². The number of ether oxygens (including phenoxy) is 2. The lowest BCUT2D eigenvalue weighted by Crippen LogP contribution is -2.30. The Balaban J connectivity index is 2.21. The molecule has 4 nitrogen and oxygen atoms in total. The van der Waals surface area contributed by atoms with Gasteiger partial charge in [0.2, 0.25) is 0 Å². The average molecular weight is 255 g/mol. The predicted molar refractivity (Wildman–Crippen MR) is 66.0 cm³/mol. The van der Waals surface area contributed by atoms with Crippen LogP contribution in [0, 0.1) is 5.82 Å². The summed E-state index contributed by atoms with van der Waals surface area (Å²) in [6.07, 6.45) is 0. The molecule has 0 unspecified atom stereocenters. The van der Waals surface area contributed by atoms with Crippen molar-refractivity contribution in [3.8, 4) is 5.75 Å². The third kappa shape index (κ3) is 5.63. The maximum absolute atomic E-state index is 12.6. The van der Waals surface area contributed by atoms with Crippen molar-refractivity contribution in [1.82, 2.24) is 4.90 Å². The molecule has 0 amide bonds. The van der Waals surface area contributed by atoms with E-state index in [0.717, 1.165) is 0 Å². The summed E-state index contributed by atoms with van der Waals surface area (Å²) in [5.74, 6) is 0.0736. The van der Waals surface area contributed by atoms with Gasteiger partial charge < -0.3 is 9.47 Å². The van der Waals surface area contributed by atoms with Crippen LogP contribution in [0.1, 0.15) is 6.92 Å². The fourth-order valence-electron chi connectivity index (χ4n) is 1.36. The van der Waals surface area contributed by atoms with Gasteiger partial charge in [0.1, 0.15) is 18.2 Å². The number of hydrogen-bond donors (Lipinski definition) is 0. The zero-order valence-corrected chi connectivity index (χ0v) is 10.7. The Morgan fingerprint density at radius 1 is 1.33 bits per heavy atom. The second-order valence-corrected chi connectivity index (χ2v) is 3.85. The van der Waals surface area contributed by atoms with Crippen molar-refractivity contribution < 1.29 is 18.7 Å². The van der Waals surface area contributed by atoms with Crippen molar-refractivity contribution in [2.24, 2.45) is 0 Å². The molecule has 1 rings (SSSR count). The third-order valence-electron chi connectivity index (χ3n) is 2.26. The molecule has 0 heterocycles. The molecule has 1 aromatic carbocycles. The predicted octanol–water partition coefficient (Wildman–Crippen LogP) is 1.70. The van der Waals surface area contributed by atoms with Crippen molar-refractivity contribution >= 4 is 5.97 Å². The fourth-order valence-corrected chi connectivity index (χ4v) is 1.36. The van der Waals surface area contributed by atoms with Crippen molar-refractivity contribution in [1.29, 1.82) is 0 Å². The third-order valence-corrected chi connectivity index (χ3v) is 2.26. The minimum Gasteiger partial charge on any atom is -0.492 e. The van der Waals surface area contributed by atoms with Gasteiger partial charge in [-0.1, -0.05) is 0 Å². The number of carbonyl (C=O) groups is 1. The Bertz CT molecular complexity index is 367. The molecule has 0 N–H and O–H groups in total. The maximum atomic E-state index is 12.6. The molecule has 18 heavy (non-hydrogen) atoms. The van der Waals surface area contributed by atoms with E-state index in [2.05, 4.69) is 0 Å². The normalized spacial score (nSPS) is 10.4. The number of esters is 1. The minimum atomic E-state index is -0.290. The molecule has 1 aromatic rings. The first-order chi connectivity index (χ1) is 8.61. The van der Waals surface area contributed by atoms with Crippen molar-refractivity contribution in [2.75, 3.05) is 33.4 Å². The van der Waals surface area contributed by atoms with Crippen LogP contribution in [-0.2, 0) is 9.53 Å². The van der Waals surface area contributed by atoms with Crippen molar-refractivity contribution in [3.63, 3.8) is 0 Å². The first-order valence-electron chi connectivity index (χ1n) is 5.84. The van der Waals surface area contributed by atoms with E-state index >= 15 is 0 Å². The summed E-state index contributed by atoms with van der Waals surface area (Å²) >= 11 is 0. The lowest BCUT2D eigenvalue weighted by molar-refractivity contribution is -0.144. The van der Waals surface area contributed by atoms with E-state index in [-0.39, 0.29) is 18.3 Å². The maximum Gasteiger partial charge on any atom is 0.320 e. The Morgan fingerprint density at radius 2 is 2.00 bits per heavy atom. The number of carbonyl (C=O) groups excluding carboxylic acids is 1. The highest BCUT2D eigenvalue weighted by molar-refractivity contribution is 5.71. The fraction of sp³-hybridized carbons (Fsp3) is 0.462.